The molecule has 0 bridgehead atoms. The fraction of sp³-hybridized carbons (Fsp3) is 0.943. The van der Waals surface area contributed by atoms with E-state index in [4.69, 9.17) is 37.0 Å². The minimum Gasteiger partial charge on any atom is -0.462 e. The maximum absolute atomic E-state index is 13.0. The van der Waals surface area contributed by atoms with Crippen molar-refractivity contribution < 1.29 is 80.2 Å². The summed E-state index contributed by atoms with van der Waals surface area (Å²) in [4.78, 5) is 72.5. The van der Waals surface area contributed by atoms with Crippen LogP contribution in [-0.2, 0) is 65.4 Å². The van der Waals surface area contributed by atoms with Crippen LogP contribution in [0, 0.1) is 17.8 Å². The first-order valence-corrected chi connectivity index (χ1v) is 39.4. The van der Waals surface area contributed by atoms with Crippen LogP contribution in [0.4, 0.5) is 0 Å². The van der Waals surface area contributed by atoms with Gasteiger partial charge in [0.15, 0.2) is 12.2 Å². The monoisotopic (exact) mass is 1310 g/mol. The van der Waals surface area contributed by atoms with Gasteiger partial charge in [0.2, 0.25) is 0 Å². The van der Waals surface area contributed by atoms with Gasteiger partial charge in [0, 0.05) is 25.7 Å². The SMILES string of the molecule is CCCCCCCCCCCCC(=O)OC[C@H](COP(=O)(O)OC[C@H](O)COP(=O)(O)OC[C@@H](COC(=O)CCCCCCCCCCCCC(C)C)OC(=O)CCCCCCCCCCCCCCCC(C)C)OC(=O)CCCCCCCCC(C)CC. The summed E-state index contributed by atoms with van der Waals surface area (Å²) in [6.07, 6.45) is 44.4. The zero-order valence-electron chi connectivity index (χ0n) is 57.9. The quantitative estimate of drug-likeness (QED) is 0.0222. The van der Waals surface area contributed by atoms with E-state index in [1.165, 1.54) is 161 Å². The Morgan fingerprint density at radius 1 is 0.326 bits per heavy atom. The average Bonchev–Trinajstić information content (AvgIpc) is 3.56. The molecule has 19 heteroatoms. The highest BCUT2D eigenvalue weighted by molar-refractivity contribution is 7.47. The Bertz CT molecular complexity index is 1750. The van der Waals surface area contributed by atoms with Gasteiger partial charge in [-0.25, -0.2) is 9.13 Å². The minimum absolute atomic E-state index is 0.103. The number of aliphatic hydroxyl groups excluding tert-OH is 1. The van der Waals surface area contributed by atoms with Crippen molar-refractivity contribution in [1.29, 1.82) is 0 Å². The maximum Gasteiger partial charge on any atom is 0.472 e. The first-order chi connectivity index (χ1) is 42.8. The molecule has 0 aromatic heterocycles. The summed E-state index contributed by atoms with van der Waals surface area (Å²) >= 11 is 0. The lowest BCUT2D eigenvalue weighted by atomic mass is 10.00. The van der Waals surface area contributed by atoms with Gasteiger partial charge in [0.05, 0.1) is 26.4 Å². The molecule has 0 rings (SSSR count). The van der Waals surface area contributed by atoms with E-state index in [2.05, 4.69) is 48.5 Å². The predicted octanol–water partition coefficient (Wildman–Crippen LogP) is 19.8. The number of ether oxygens (including phenoxy) is 4. The molecule has 3 N–H and O–H groups in total. The Hall–Kier alpha value is -1.94. The van der Waals surface area contributed by atoms with E-state index in [-0.39, 0.29) is 25.7 Å². The number of phosphoric acid groups is 2. The van der Waals surface area contributed by atoms with Gasteiger partial charge in [-0.05, 0) is 43.4 Å². The molecule has 0 aromatic rings. The van der Waals surface area contributed by atoms with Gasteiger partial charge in [-0.2, -0.15) is 0 Å². The van der Waals surface area contributed by atoms with Gasteiger partial charge in [-0.1, -0.05) is 299 Å². The summed E-state index contributed by atoms with van der Waals surface area (Å²) in [7, 11) is -9.90. The molecule has 6 atom stereocenters. The van der Waals surface area contributed by atoms with Crippen LogP contribution < -0.4 is 0 Å². The summed E-state index contributed by atoms with van der Waals surface area (Å²) in [6.45, 7) is 11.8. The molecular weight excluding hydrogens is 1170 g/mol. The summed E-state index contributed by atoms with van der Waals surface area (Å²) in [5, 5.41) is 10.6. The average molecular weight is 1310 g/mol. The standard InChI is InChI=1S/C70H136O17P2/c1-8-10-11-12-13-14-24-29-37-44-51-67(72)81-58-66(87-70(75)54-47-40-33-32-36-43-50-63(7)9-2)60-85-89(78,79)83-56-64(71)55-82-88(76,77)84-59-65(57-80-68(73)52-45-38-30-25-21-20-23-28-35-42-49-62(5)6)86-69(74)53-46-39-31-26-19-17-15-16-18-22-27-34-41-48-61(3)4/h61-66,71H,8-60H2,1-7H3,(H,76,77)(H,78,79)/t63?,64-,65-,66-/m1/s1. The Morgan fingerprint density at radius 3 is 0.854 bits per heavy atom. The van der Waals surface area contributed by atoms with Crippen LogP contribution in [0.1, 0.15) is 350 Å². The molecule has 0 spiro atoms. The number of hydrogen-bond donors (Lipinski definition) is 3. The largest absolute Gasteiger partial charge is 0.472 e. The van der Waals surface area contributed by atoms with Crippen molar-refractivity contribution in [3.8, 4) is 0 Å². The third-order valence-corrected chi connectivity index (χ3v) is 18.4. The zero-order valence-corrected chi connectivity index (χ0v) is 59.7. The van der Waals surface area contributed by atoms with E-state index < -0.39 is 97.5 Å². The van der Waals surface area contributed by atoms with Crippen molar-refractivity contribution in [2.75, 3.05) is 39.6 Å². The zero-order chi connectivity index (χ0) is 65.9. The van der Waals surface area contributed by atoms with E-state index in [1.54, 1.807) is 0 Å². The molecule has 0 aliphatic rings. The molecule has 0 aliphatic heterocycles. The Labute approximate surface area is 543 Å². The van der Waals surface area contributed by atoms with Crippen LogP contribution in [0.2, 0.25) is 0 Å². The molecule has 0 aromatic carbocycles. The smallest absolute Gasteiger partial charge is 0.462 e. The van der Waals surface area contributed by atoms with Crippen molar-refractivity contribution in [1.82, 2.24) is 0 Å². The lowest BCUT2D eigenvalue weighted by molar-refractivity contribution is -0.161. The van der Waals surface area contributed by atoms with Gasteiger partial charge < -0.3 is 33.8 Å². The van der Waals surface area contributed by atoms with Gasteiger partial charge in [-0.3, -0.25) is 37.3 Å². The molecule has 0 radical (unpaired) electrons. The van der Waals surface area contributed by atoms with Crippen LogP contribution in [0.5, 0.6) is 0 Å². The number of carbonyl (C=O) groups excluding carboxylic acids is 4. The van der Waals surface area contributed by atoms with Crippen molar-refractivity contribution in [2.24, 2.45) is 17.8 Å². The number of rotatable bonds is 68. The first-order valence-electron chi connectivity index (χ1n) is 36.4. The molecule has 0 amide bonds. The van der Waals surface area contributed by atoms with Crippen molar-refractivity contribution in [3.05, 3.63) is 0 Å². The van der Waals surface area contributed by atoms with Gasteiger partial charge in [0.1, 0.15) is 19.3 Å². The van der Waals surface area contributed by atoms with Crippen LogP contribution in [-0.4, -0.2) is 96.7 Å². The Balaban J connectivity index is 5.25. The minimum atomic E-state index is -4.95. The van der Waals surface area contributed by atoms with Crippen molar-refractivity contribution >= 4 is 39.5 Å². The van der Waals surface area contributed by atoms with E-state index >= 15 is 0 Å². The third-order valence-electron chi connectivity index (χ3n) is 16.5. The highest BCUT2D eigenvalue weighted by atomic mass is 31.2. The molecule has 0 saturated carbocycles. The fourth-order valence-corrected chi connectivity index (χ4v) is 12.1. The first kappa shape index (κ1) is 87.1. The second-order valence-electron chi connectivity index (χ2n) is 26.5. The van der Waals surface area contributed by atoms with Crippen LogP contribution in [0.3, 0.4) is 0 Å². The van der Waals surface area contributed by atoms with E-state index in [0.29, 0.717) is 25.7 Å². The normalized spacial score (nSPS) is 14.5. The van der Waals surface area contributed by atoms with Crippen molar-refractivity contribution in [3.63, 3.8) is 0 Å². The molecule has 3 unspecified atom stereocenters. The number of unbranched alkanes of at least 4 members (excludes halogenated alkanes) is 35. The summed E-state index contributed by atoms with van der Waals surface area (Å²) in [5.74, 6) is 0.137. The highest BCUT2D eigenvalue weighted by Gasteiger charge is 2.30. The third kappa shape index (κ3) is 63.2. The topological polar surface area (TPSA) is 237 Å². The van der Waals surface area contributed by atoms with Gasteiger partial charge >= 0.3 is 39.5 Å². The van der Waals surface area contributed by atoms with E-state index in [9.17, 15) is 43.2 Å². The number of carbonyl (C=O) groups is 4. The summed E-state index contributed by atoms with van der Waals surface area (Å²) in [5.41, 5.74) is 0. The van der Waals surface area contributed by atoms with Crippen LogP contribution in [0.25, 0.3) is 0 Å². The van der Waals surface area contributed by atoms with E-state index in [0.717, 1.165) is 108 Å². The second kappa shape index (κ2) is 61.0. The number of hydrogen-bond acceptors (Lipinski definition) is 15. The lowest BCUT2D eigenvalue weighted by Crippen LogP contribution is -2.30. The summed E-state index contributed by atoms with van der Waals surface area (Å²) < 4.78 is 68.3. The molecule has 0 aliphatic carbocycles. The van der Waals surface area contributed by atoms with Gasteiger partial charge in [0.25, 0.3) is 0 Å². The molecule has 528 valence electrons. The van der Waals surface area contributed by atoms with Crippen LogP contribution in [0.15, 0.2) is 0 Å². The Morgan fingerprint density at radius 2 is 0.573 bits per heavy atom. The molecule has 0 fully saturated rings. The van der Waals surface area contributed by atoms with Crippen LogP contribution >= 0.6 is 15.6 Å². The molecule has 0 saturated heterocycles. The maximum atomic E-state index is 13.0. The molecular formula is C70H136O17P2. The number of esters is 4. The number of phosphoric ester groups is 2. The summed E-state index contributed by atoms with van der Waals surface area (Å²) in [6, 6.07) is 0. The van der Waals surface area contributed by atoms with Crippen molar-refractivity contribution in [2.45, 2.75) is 369 Å². The van der Waals surface area contributed by atoms with E-state index in [1.807, 2.05) is 0 Å². The lowest BCUT2D eigenvalue weighted by Gasteiger charge is -2.21. The Kier molecular flexibility index (Phi) is 59.6. The molecule has 17 nitrogen and oxygen atoms in total. The van der Waals surface area contributed by atoms with Gasteiger partial charge in [-0.15, -0.1) is 0 Å². The predicted molar refractivity (Wildman–Crippen MR) is 358 cm³/mol. The molecule has 0 heterocycles. The molecule has 89 heavy (non-hydrogen) atoms. The second-order valence-corrected chi connectivity index (χ2v) is 29.4. The fourth-order valence-electron chi connectivity index (χ4n) is 10.5. The number of aliphatic hydroxyl groups is 1. The highest BCUT2D eigenvalue weighted by Crippen LogP contribution is 2.45.